The summed E-state index contributed by atoms with van der Waals surface area (Å²) in [6.07, 6.45) is 6.10. The summed E-state index contributed by atoms with van der Waals surface area (Å²) in [6, 6.07) is 0.675. The number of carbonyl (C=O) groups excluding carboxylic acids is 1. The van der Waals surface area contributed by atoms with E-state index in [2.05, 4.69) is 11.8 Å². The topological polar surface area (TPSA) is 20.3 Å². The number of hydrogen-bond acceptors (Lipinski definition) is 2. The molecule has 2 heteroatoms. The monoisotopic (exact) mass is 155 g/mol. The van der Waals surface area contributed by atoms with Crippen molar-refractivity contribution in [3.8, 4) is 0 Å². The Balaban J connectivity index is 2.37. The zero-order valence-corrected chi connectivity index (χ0v) is 7.25. The van der Waals surface area contributed by atoms with Gasteiger partial charge in [-0.25, -0.2) is 0 Å². The molecular weight excluding hydrogens is 138 g/mol. The molecule has 1 aliphatic heterocycles. The molecule has 2 nitrogen and oxygen atoms in total. The summed E-state index contributed by atoms with van der Waals surface area (Å²) in [5.41, 5.74) is 0. The first-order valence-electron chi connectivity index (χ1n) is 4.56. The van der Waals surface area contributed by atoms with Gasteiger partial charge in [-0.2, -0.15) is 0 Å². The van der Waals surface area contributed by atoms with Gasteiger partial charge in [0.25, 0.3) is 0 Å². The third kappa shape index (κ3) is 2.29. The Morgan fingerprint density at radius 1 is 1.55 bits per heavy atom. The summed E-state index contributed by atoms with van der Waals surface area (Å²) < 4.78 is 0. The summed E-state index contributed by atoms with van der Waals surface area (Å²) in [6.45, 7) is 3.96. The second-order valence-electron chi connectivity index (χ2n) is 3.22. The Morgan fingerprint density at radius 3 is 3.00 bits per heavy atom. The van der Waals surface area contributed by atoms with E-state index < -0.39 is 0 Å². The largest absolute Gasteiger partial charge is 0.302 e. The van der Waals surface area contributed by atoms with Gasteiger partial charge < -0.3 is 4.79 Å². The summed E-state index contributed by atoms with van der Waals surface area (Å²) >= 11 is 0. The lowest BCUT2D eigenvalue weighted by molar-refractivity contribution is -0.109. The zero-order chi connectivity index (χ0) is 8.10. The molecule has 1 unspecified atom stereocenters. The van der Waals surface area contributed by atoms with Crippen LogP contribution >= 0.6 is 0 Å². The van der Waals surface area contributed by atoms with Crippen LogP contribution in [0.5, 0.6) is 0 Å². The van der Waals surface area contributed by atoms with E-state index in [-0.39, 0.29) is 0 Å². The zero-order valence-electron chi connectivity index (χ0n) is 7.25. The van der Waals surface area contributed by atoms with Crippen molar-refractivity contribution >= 4 is 6.29 Å². The van der Waals surface area contributed by atoms with Gasteiger partial charge >= 0.3 is 0 Å². The quantitative estimate of drug-likeness (QED) is 0.575. The van der Waals surface area contributed by atoms with Crippen LogP contribution in [-0.4, -0.2) is 30.3 Å². The molecule has 64 valence electrons. The standard InChI is InChI=1S/C9H17NO/c1-2-9-5-3-4-6-10(9)7-8-11/h8-9H,2-7H2,1H3. The molecule has 1 heterocycles. The molecule has 1 fully saturated rings. The summed E-state index contributed by atoms with van der Waals surface area (Å²) in [5.74, 6) is 0. The van der Waals surface area contributed by atoms with E-state index in [1.54, 1.807) is 0 Å². The maximum Gasteiger partial charge on any atom is 0.133 e. The average Bonchev–Trinajstić information content (AvgIpc) is 2.06. The Morgan fingerprint density at radius 2 is 2.36 bits per heavy atom. The van der Waals surface area contributed by atoms with E-state index in [0.29, 0.717) is 12.6 Å². The molecule has 0 aromatic carbocycles. The Kier molecular flexibility index (Phi) is 3.57. The lowest BCUT2D eigenvalue weighted by atomic mass is 10.0. The van der Waals surface area contributed by atoms with E-state index in [1.807, 2.05) is 0 Å². The summed E-state index contributed by atoms with van der Waals surface area (Å²) in [4.78, 5) is 12.6. The molecular formula is C9H17NO. The molecule has 1 rings (SSSR count). The van der Waals surface area contributed by atoms with E-state index in [0.717, 1.165) is 12.8 Å². The molecule has 0 saturated carbocycles. The van der Waals surface area contributed by atoms with Crippen LogP contribution in [0, 0.1) is 0 Å². The molecule has 0 radical (unpaired) electrons. The maximum atomic E-state index is 10.3. The number of hydrogen-bond donors (Lipinski definition) is 0. The molecule has 0 amide bonds. The lowest BCUT2D eigenvalue weighted by Crippen LogP contribution is -2.40. The SMILES string of the molecule is CCC1CCCCN1CC=O. The highest BCUT2D eigenvalue weighted by Gasteiger charge is 2.19. The highest BCUT2D eigenvalue weighted by molar-refractivity contribution is 5.52. The third-order valence-corrected chi connectivity index (χ3v) is 2.53. The fourth-order valence-electron chi connectivity index (χ4n) is 1.86. The van der Waals surface area contributed by atoms with Gasteiger partial charge in [0.2, 0.25) is 0 Å². The van der Waals surface area contributed by atoms with Crippen LogP contribution in [0.1, 0.15) is 32.6 Å². The molecule has 0 spiro atoms. The first-order chi connectivity index (χ1) is 5.38. The minimum atomic E-state index is 0.637. The Labute approximate surface area is 68.6 Å². The van der Waals surface area contributed by atoms with Crippen LogP contribution in [-0.2, 0) is 4.79 Å². The van der Waals surface area contributed by atoms with Crippen molar-refractivity contribution in [2.45, 2.75) is 38.6 Å². The Hall–Kier alpha value is -0.370. The molecule has 0 bridgehead atoms. The highest BCUT2D eigenvalue weighted by Crippen LogP contribution is 2.18. The molecule has 1 saturated heterocycles. The van der Waals surface area contributed by atoms with Crippen LogP contribution in [0.3, 0.4) is 0 Å². The predicted molar refractivity (Wildman–Crippen MR) is 45.6 cm³/mol. The smallest absolute Gasteiger partial charge is 0.133 e. The number of piperidine rings is 1. The van der Waals surface area contributed by atoms with Crippen molar-refractivity contribution in [1.29, 1.82) is 0 Å². The maximum absolute atomic E-state index is 10.3. The third-order valence-electron chi connectivity index (χ3n) is 2.53. The molecule has 1 atom stereocenters. The molecule has 11 heavy (non-hydrogen) atoms. The van der Waals surface area contributed by atoms with Crippen molar-refractivity contribution in [1.82, 2.24) is 4.90 Å². The molecule has 1 aliphatic rings. The van der Waals surface area contributed by atoms with Gasteiger partial charge in [0, 0.05) is 6.04 Å². The van der Waals surface area contributed by atoms with Crippen LogP contribution in [0.4, 0.5) is 0 Å². The van der Waals surface area contributed by atoms with Gasteiger partial charge in [-0.3, -0.25) is 4.90 Å². The van der Waals surface area contributed by atoms with Crippen LogP contribution < -0.4 is 0 Å². The second-order valence-corrected chi connectivity index (χ2v) is 3.22. The summed E-state index contributed by atoms with van der Waals surface area (Å²) in [5, 5.41) is 0. The van der Waals surface area contributed by atoms with Crippen molar-refractivity contribution in [2.75, 3.05) is 13.1 Å². The van der Waals surface area contributed by atoms with Gasteiger partial charge in [-0.15, -0.1) is 0 Å². The second kappa shape index (κ2) is 4.50. The van der Waals surface area contributed by atoms with E-state index in [4.69, 9.17) is 0 Å². The van der Waals surface area contributed by atoms with E-state index in [9.17, 15) is 4.79 Å². The average molecular weight is 155 g/mol. The molecule has 0 aliphatic carbocycles. The van der Waals surface area contributed by atoms with Crippen molar-refractivity contribution in [3.63, 3.8) is 0 Å². The highest BCUT2D eigenvalue weighted by atomic mass is 16.1. The van der Waals surface area contributed by atoms with Crippen molar-refractivity contribution in [2.24, 2.45) is 0 Å². The van der Waals surface area contributed by atoms with Crippen LogP contribution in [0.25, 0.3) is 0 Å². The molecule has 0 N–H and O–H groups in total. The number of rotatable bonds is 3. The number of nitrogens with zero attached hydrogens (tertiary/aromatic N) is 1. The van der Waals surface area contributed by atoms with Crippen LogP contribution in [0.15, 0.2) is 0 Å². The predicted octanol–water partition coefficient (Wildman–Crippen LogP) is 1.45. The first-order valence-corrected chi connectivity index (χ1v) is 4.56. The fraction of sp³-hybridized carbons (Fsp3) is 0.889. The van der Waals surface area contributed by atoms with Gasteiger partial charge in [0.15, 0.2) is 0 Å². The van der Waals surface area contributed by atoms with Gasteiger partial charge in [0.05, 0.1) is 6.54 Å². The van der Waals surface area contributed by atoms with Gasteiger partial charge in [-0.1, -0.05) is 13.3 Å². The summed E-state index contributed by atoms with van der Waals surface area (Å²) in [7, 11) is 0. The van der Waals surface area contributed by atoms with E-state index >= 15 is 0 Å². The first kappa shape index (κ1) is 8.72. The number of carbonyl (C=O) groups is 1. The Bertz CT molecular complexity index is 125. The fourth-order valence-corrected chi connectivity index (χ4v) is 1.86. The van der Waals surface area contributed by atoms with Crippen molar-refractivity contribution in [3.05, 3.63) is 0 Å². The molecule has 0 aromatic heterocycles. The van der Waals surface area contributed by atoms with Gasteiger partial charge in [0.1, 0.15) is 6.29 Å². The number of likely N-dealkylation sites (tertiary alicyclic amines) is 1. The lowest BCUT2D eigenvalue weighted by Gasteiger charge is -2.33. The van der Waals surface area contributed by atoms with E-state index in [1.165, 1.54) is 25.7 Å². The minimum Gasteiger partial charge on any atom is -0.302 e. The normalized spacial score (nSPS) is 26.8. The minimum absolute atomic E-state index is 0.637. The molecule has 0 aromatic rings. The van der Waals surface area contributed by atoms with Gasteiger partial charge in [-0.05, 0) is 25.8 Å². The number of aldehydes is 1. The van der Waals surface area contributed by atoms with Crippen molar-refractivity contribution < 1.29 is 4.79 Å². The van der Waals surface area contributed by atoms with Crippen LogP contribution in [0.2, 0.25) is 0 Å².